The first-order chi connectivity index (χ1) is 19.8. The Labute approximate surface area is 250 Å². The van der Waals surface area contributed by atoms with Gasteiger partial charge < -0.3 is 14.7 Å². The first kappa shape index (κ1) is 30.1. The highest BCUT2D eigenvalue weighted by Crippen LogP contribution is 2.45. The van der Waals surface area contributed by atoms with Crippen LogP contribution in [0.2, 0.25) is 0 Å². The van der Waals surface area contributed by atoms with Crippen molar-refractivity contribution in [3.8, 4) is 11.1 Å². The maximum absolute atomic E-state index is 12.8. The van der Waals surface area contributed by atoms with Gasteiger partial charge in [0.1, 0.15) is 0 Å². The Bertz CT molecular complexity index is 1440. The summed E-state index contributed by atoms with van der Waals surface area (Å²) >= 11 is 0. The molecule has 0 amide bonds. The lowest BCUT2D eigenvalue weighted by atomic mass is 9.81. The zero-order valence-corrected chi connectivity index (χ0v) is 26.2. The number of carboxylic acid groups (broad SMARTS) is 1. The number of aliphatic carboxylic acids is 1. The fourth-order valence-corrected chi connectivity index (χ4v) is 6.30. The molecule has 8 heteroatoms. The van der Waals surface area contributed by atoms with Crippen LogP contribution in [0.3, 0.4) is 0 Å². The van der Waals surface area contributed by atoms with Gasteiger partial charge >= 0.3 is 5.97 Å². The molecule has 8 nitrogen and oxygen atoms in total. The van der Waals surface area contributed by atoms with E-state index in [1.807, 2.05) is 46.8 Å². The number of hydrogen-bond acceptors (Lipinski definition) is 7. The fraction of sp³-hybridized carbons (Fsp3) is 0.529. The molecule has 1 saturated heterocycles. The zero-order valence-electron chi connectivity index (χ0n) is 26.2. The van der Waals surface area contributed by atoms with Crippen LogP contribution in [0.1, 0.15) is 87.3 Å². The molecule has 1 N–H and O–H groups in total. The van der Waals surface area contributed by atoms with E-state index in [9.17, 15) is 9.90 Å². The Morgan fingerprint density at radius 3 is 2.45 bits per heavy atom. The molecule has 1 fully saturated rings. The molecule has 0 aliphatic carbocycles. The molecule has 3 aromatic rings. The van der Waals surface area contributed by atoms with Crippen LogP contribution in [-0.4, -0.2) is 56.4 Å². The van der Waals surface area contributed by atoms with Gasteiger partial charge in [0.25, 0.3) is 0 Å². The minimum absolute atomic E-state index is 0.255. The van der Waals surface area contributed by atoms with Crippen LogP contribution < -0.4 is 4.90 Å². The lowest BCUT2D eigenvalue weighted by Gasteiger charge is -2.41. The number of carboxylic acids is 1. The van der Waals surface area contributed by atoms with E-state index in [0.29, 0.717) is 11.3 Å². The molecule has 0 saturated carbocycles. The predicted octanol–water partition coefficient (Wildman–Crippen LogP) is 6.28. The third-order valence-electron chi connectivity index (χ3n) is 8.57. The van der Waals surface area contributed by atoms with Gasteiger partial charge in [-0.25, -0.2) is 4.79 Å². The van der Waals surface area contributed by atoms with Gasteiger partial charge in [-0.05, 0) is 88.1 Å². The van der Waals surface area contributed by atoms with E-state index in [1.165, 1.54) is 11.1 Å². The van der Waals surface area contributed by atoms with Crippen molar-refractivity contribution in [3.05, 3.63) is 70.3 Å². The van der Waals surface area contributed by atoms with Gasteiger partial charge in [0.05, 0.1) is 17.0 Å². The van der Waals surface area contributed by atoms with Crippen LogP contribution in [0, 0.1) is 19.3 Å². The van der Waals surface area contributed by atoms with E-state index >= 15 is 0 Å². The molecule has 2 aromatic heterocycles. The first-order valence-corrected chi connectivity index (χ1v) is 15.1. The first-order valence-electron chi connectivity index (χ1n) is 15.1. The molecule has 0 bridgehead atoms. The number of aromatic nitrogens is 3. The Morgan fingerprint density at radius 2 is 1.81 bits per heavy atom. The fourth-order valence-electron chi connectivity index (χ4n) is 6.30. The summed E-state index contributed by atoms with van der Waals surface area (Å²) in [5.74, 6) is -0.989. The third-order valence-corrected chi connectivity index (χ3v) is 8.57. The Kier molecular flexibility index (Phi) is 8.41. The zero-order chi connectivity index (χ0) is 30.2. The molecule has 224 valence electrons. The van der Waals surface area contributed by atoms with Crippen LogP contribution in [0.25, 0.3) is 11.1 Å². The van der Waals surface area contributed by atoms with E-state index in [2.05, 4.69) is 52.0 Å². The van der Waals surface area contributed by atoms with Crippen molar-refractivity contribution in [3.63, 3.8) is 0 Å². The highest BCUT2D eigenvalue weighted by Gasteiger charge is 2.36. The number of pyridine rings is 1. The average Bonchev–Trinajstić information content (AvgIpc) is 2.91. The molecule has 1 unspecified atom stereocenters. The molecule has 0 spiro atoms. The van der Waals surface area contributed by atoms with Crippen molar-refractivity contribution >= 4 is 11.7 Å². The number of hydrogen-bond donors (Lipinski definition) is 1. The lowest BCUT2D eigenvalue weighted by molar-refractivity contribution is -0.160. The highest BCUT2D eigenvalue weighted by atomic mass is 16.5. The Hall–Kier alpha value is -3.36. The molecule has 2 aliphatic heterocycles. The van der Waals surface area contributed by atoms with E-state index in [-0.39, 0.29) is 5.41 Å². The van der Waals surface area contributed by atoms with Crippen molar-refractivity contribution in [2.75, 3.05) is 24.5 Å². The molecule has 5 rings (SSSR count). The summed E-state index contributed by atoms with van der Waals surface area (Å²) < 4.78 is 6.24. The molecular weight excluding hydrogens is 526 g/mol. The van der Waals surface area contributed by atoms with Gasteiger partial charge in [0.15, 0.2) is 6.10 Å². The minimum Gasteiger partial charge on any atom is -0.479 e. The van der Waals surface area contributed by atoms with Crippen LogP contribution >= 0.6 is 0 Å². The Balaban J connectivity index is 1.58. The summed E-state index contributed by atoms with van der Waals surface area (Å²) in [6.45, 7) is 18.6. The van der Waals surface area contributed by atoms with E-state index in [4.69, 9.17) is 9.72 Å². The normalized spacial score (nSPS) is 18.0. The third kappa shape index (κ3) is 6.65. The van der Waals surface area contributed by atoms with Gasteiger partial charge in [-0.2, -0.15) is 10.2 Å². The van der Waals surface area contributed by atoms with Gasteiger partial charge in [-0.1, -0.05) is 32.0 Å². The maximum Gasteiger partial charge on any atom is 0.337 e. The van der Waals surface area contributed by atoms with Crippen molar-refractivity contribution in [2.45, 2.75) is 92.5 Å². The van der Waals surface area contributed by atoms with Crippen LogP contribution in [0.4, 0.5) is 5.69 Å². The molecule has 2 aliphatic rings. The second-order valence-corrected chi connectivity index (χ2v) is 13.7. The van der Waals surface area contributed by atoms with Gasteiger partial charge in [0, 0.05) is 61.4 Å². The van der Waals surface area contributed by atoms with Gasteiger partial charge in [-0.15, -0.1) is 0 Å². The van der Waals surface area contributed by atoms with Crippen LogP contribution in [0.15, 0.2) is 36.5 Å². The number of piperidine rings is 1. The van der Waals surface area contributed by atoms with E-state index < -0.39 is 17.7 Å². The minimum atomic E-state index is -1.12. The quantitative estimate of drug-likeness (QED) is 0.354. The average molecular weight is 572 g/mol. The largest absolute Gasteiger partial charge is 0.479 e. The summed E-state index contributed by atoms with van der Waals surface area (Å²) in [5, 5.41) is 18.7. The van der Waals surface area contributed by atoms with Crippen molar-refractivity contribution in [2.24, 2.45) is 5.41 Å². The maximum atomic E-state index is 12.8. The molecule has 42 heavy (non-hydrogen) atoms. The standard InChI is InChI=1S/C34H45N5O3/c1-22-28(25-10-11-26-20-38(16-12-24(26)19-25)21-27-9-8-15-35-37-27)30(39-17-13-34(6,7)14-18-39)29(23(2)36-22)31(32(40)41)42-33(3,4)5/h8-11,15,19,31H,12-14,16-18,20-21H2,1-7H3,(H,40,41). The number of ether oxygens (including phenoxy) is 1. The summed E-state index contributed by atoms with van der Waals surface area (Å²) in [7, 11) is 0. The number of fused-ring (bicyclic) bond motifs is 1. The number of rotatable bonds is 7. The number of nitrogens with zero attached hydrogens (tertiary/aromatic N) is 5. The Morgan fingerprint density at radius 1 is 1.07 bits per heavy atom. The number of aryl methyl sites for hydroxylation is 2. The molecule has 1 aromatic carbocycles. The molecular formula is C34H45N5O3. The summed E-state index contributed by atoms with van der Waals surface area (Å²) in [5.41, 5.74) is 8.61. The topological polar surface area (TPSA) is 91.7 Å². The number of carbonyl (C=O) groups is 1. The second kappa shape index (κ2) is 11.7. The number of benzene rings is 1. The van der Waals surface area contributed by atoms with E-state index in [1.54, 1.807) is 6.20 Å². The van der Waals surface area contributed by atoms with Crippen LogP contribution in [0.5, 0.6) is 0 Å². The lowest BCUT2D eigenvalue weighted by Crippen LogP contribution is -2.39. The van der Waals surface area contributed by atoms with Crippen molar-refractivity contribution in [1.29, 1.82) is 0 Å². The van der Waals surface area contributed by atoms with E-state index in [0.717, 1.165) is 80.2 Å². The summed E-state index contributed by atoms with van der Waals surface area (Å²) in [4.78, 5) is 22.5. The highest BCUT2D eigenvalue weighted by molar-refractivity contribution is 5.88. The second-order valence-electron chi connectivity index (χ2n) is 13.7. The SMILES string of the molecule is Cc1nc(C)c(C(OC(C)(C)C)C(=O)O)c(N2CCC(C)(C)CC2)c1-c1ccc2c(c1)CCN(Cc1cccnn1)C2. The van der Waals surface area contributed by atoms with Crippen LogP contribution in [-0.2, 0) is 29.0 Å². The number of anilines is 1. The predicted molar refractivity (Wildman–Crippen MR) is 165 cm³/mol. The monoisotopic (exact) mass is 571 g/mol. The van der Waals surface area contributed by atoms with Gasteiger partial charge in [-0.3, -0.25) is 9.88 Å². The smallest absolute Gasteiger partial charge is 0.337 e. The summed E-state index contributed by atoms with van der Waals surface area (Å²) in [6.07, 6.45) is 3.60. The molecule has 0 radical (unpaired) electrons. The van der Waals surface area contributed by atoms with Gasteiger partial charge in [0.2, 0.25) is 0 Å². The van der Waals surface area contributed by atoms with Crippen molar-refractivity contribution in [1.82, 2.24) is 20.1 Å². The summed E-state index contributed by atoms with van der Waals surface area (Å²) in [6, 6.07) is 10.7. The molecule has 4 heterocycles. The van der Waals surface area contributed by atoms with Crippen molar-refractivity contribution < 1.29 is 14.6 Å². The molecule has 1 atom stereocenters.